The molecule has 1 aromatic carbocycles. The number of hydrogen-bond acceptors (Lipinski definition) is 3. The Bertz CT molecular complexity index is 518. The first kappa shape index (κ1) is 17.1. The topological polar surface area (TPSA) is 98.2 Å². The predicted octanol–water partition coefficient (Wildman–Crippen LogP) is 1.87. The van der Waals surface area contributed by atoms with Crippen LogP contribution in [0.4, 0.5) is 10.1 Å². The van der Waals surface area contributed by atoms with Gasteiger partial charge in [-0.05, 0) is 43.0 Å². The molecule has 6 heteroatoms. The molecule has 0 aliphatic carbocycles. The monoisotopic (exact) mass is 295 g/mol. The summed E-state index contributed by atoms with van der Waals surface area (Å²) < 4.78 is 13.6. The van der Waals surface area contributed by atoms with E-state index in [1.54, 1.807) is 0 Å². The molecule has 1 aromatic rings. The Morgan fingerprint density at radius 1 is 1.33 bits per heavy atom. The summed E-state index contributed by atoms with van der Waals surface area (Å²) in [6, 6.07) is 3.61. The van der Waals surface area contributed by atoms with Crippen LogP contribution in [0.25, 0.3) is 0 Å². The van der Waals surface area contributed by atoms with Crippen LogP contribution in [0.15, 0.2) is 18.2 Å². The molecule has 21 heavy (non-hydrogen) atoms. The number of halogens is 1. The number of carbonyl (C=O) groups excluding carboxylic acids is 2. The zero-order chi connectivity index (χ0) is 16.0. The smallest absolute Gasteiger partial charge is 0.248 e. The van der Waals surface area contributed by atoms with Gasteiger partial charge in [0, 0.05) is 12.0 Å². The molecule has 2 amide bonds. The van der Waals surface area contributed by atoms with Crippen LogP contribution in [0.3, 0.4) is 0 Å². The molecule has 0 saturated carbocycles. The van der Waals surface area contributed by atoms with Crippen LogP contribution in [0, 0.1) is 17.7 Å². The number of rotatable bonds is 7. The van der Waals surface area contributed by atoms with E-state index in [0.29, 0.717) is 12.5 Å². The number of nitrogens with two attached hydrogens (primary N) is 2. The van der Waals surface area contributed by atoms with E-state index in [1.165, 1.54) is 12.1 Å². The molecule has 0 saturated heterocycles. The molecule has 0 bridgehead atoms. The Labute approximate surface area is 123 Å². The second-order valence-electron chi connectivity index (χ2n) is 5.54. The summed E-state index contributed by atoms with van der Waals surface area (Å²) in [6.07, 6.45) is 1.04. The van der Waals surface area contributed by atoms with Gasteiger partial charge in [0.1, 0.15) is 5.82 Å². The minimum Gasteiger partial charge on any atom is -0.366 e. The molecular weight excluding hydrogens is 273 g/mol. The van der Waals surface area contributed by atoms with Crippen molar-refractivity contribution in [2.24, 2.45) is 23.3 Å². The molecule has 5 N–H and O–H groups in total. The van der Waals surface area contributed by atoms with Crippen LogP contribution >= 0.6 is 0 Å². The Morgan fingerprint density at radius 3 is 2.52 bits per heavy atom. The van der Waals surface area contributed by atoms with E-state index in [0.717, 1.165) is 12.5 Å². The zero-order valence-electron chi connectivity index (χ0n) is 12.4. The van der Waals surface area contributed by atoms with Crippen molar-refractivity contribution in [3.63, 3.8) is 0 Å². The normalized spacial score (nSPS) is 12.2. The highest BCUT2D eigenvalue weighted by molar-refractivity contribution is 5.96. The fourth-order valence-corrected chi connectivity index (χ4v) is 2.17. The Balaban J connectivity index is 2.74. The number of anilines is 1. The van der Waals surface area contributed by atoms with Crippen LogP contribution in [-0.4, -0.2) is 18.4 Å². The van der Waals surface area contributed by atoms with E-state index >= 15 is 0 Å². The third-order valence-electron chi connectivity index (χ3n) is 3.14. The highest BCUT2D eigenvalue weighted by Gasteiger charge is 2.16. The molecule has 0 aromatic heterocycles. The number of benzene rings is 1. The van der Waals surface area contributed by atoms with Gasteiger partial charge >= 0.3 is 0 Å². The molecule has 0 aliphatic heterocycles. The summed E-state index contributed by atoms with van der Waals surface area (Å²) in [4.78, 5) is 23.0. The van der Waals surface area contributed by atoms with Crippen molar-refractivity contribution in [3.05, 3.63) is 29.6 Å². The molecular formula is C15H22FN3O2. The summed E-state index contributed by atoms with van der Waals surface area (Å²) in [5, 5.41) is 2.47. The second-order valence-corrected chi connectivity index (χ2v) is 5.54. The molecule has 0 heterocycles. The van der Waals surface area contributed by atoms with Gasteiger partial charge in [-0.3, -0.25) is 9.59 Å². The first-order chi connectivity index (χ1) is 9.83. The van der Waals surface area contributed by atoms with Crippen molar-refractivity contribution in [3.8, 4) is 0 Å². The summed E-state index contributed by atoms with van der Waals surface area (Å²) in [6.45, 7) is 4.50. The summed E-state index contributed by atoms with van der Waals surface area (Å²) in [5.74, 6) is -1.13. The van der Waals surface area contributed by atoms with Crippen LogP contribution in [0.2, 0.25) is 0 Å². The van der Waals surface area contributed by atoms with Crippen LogP contribution < -0.4 is 16.8 Å². The fraction of sp³-hybridized carbons (Fsp3) is 0.467. The lowest BCUT2D eigenvalue weighted by Crippen LogP contribution is -2.24. The Hall–Kier alpha value is -1.95. The molecule has 0 spiro atoms. The van der Waals surface area contributed by atoms with Crippen LogP contribution in [0.5, 0.6) is 0 Å². The van der Waals surface area contributed by atoms with Crippen LogP contribution in [-0.2, 0) is 4.79 Å². The maximum atomic E-state index is 13.6. The van der Waals surface area contributed by atoms with Crippen molar-refractivity contribution in [1.29, 1.82) is 0 Å². The maximum absolute atomic E-state index is 13.6. The standard InChI is InChI=1S/C15H22FN3O2/c1-9(2)5-10(8-17)6-14(20)19-13-7-11(15(18)21)3-4-12(13)16/h3-4,7,9-10H,5-6,8,17H2,1-2H3,(H2,18,21)(H,19,20)/t10-/m0/s1. The molecule has 0 radical (unpaired) electrons. The molecule has 0 unspecified atom stereocenters. The van der Waals surface area contributed by atoms with Gasteiger partial charge in [-0.15, -0.1) is 0 Å². The van der Waals surface area contributed by atoms with E-state index in [9.17, 15) is 14.0 Å². The van der Waals surface area contributed by atoms with Gasteiger partial charge in [-0.25, -0.2) is 4.39 Å². The van der Waals surface area contributed by atoms with Crippen molar-refractivity contribution >= 4 is 17.5 Å². The van der Waals surface area contributed by atoms with Gasteiger partial charge in [-0.1, -0.05) is 13.8 Å². The van der Waals surface area contributed by atoms with Gasteiger partial charge in [0.25, 0.3) is 0 Å². The molecule has 1 rings (SSSR count). The van der Waals surface area contributed by atoms with E-state index in [2.05, 4.69) is 19.2 Å². The molecule has 5 nitrogen and oxygen atoms in total. The number of nitrogens with one attached hydrogen (secondary N) is 1. The van der Waals surface area contributed by atoms with Crippen LogP contribution in [0.1, 0.15) is 37.0 Å². The van der Waals surface area contributed by atoms with E-state index in [1.807, 2.05) is 0 Å². The largest absolute Gasteiger partial charge is 0.366 e. The summed E-state index contributed by atoms with van der Waals surface area (Å²) in [7, 11) is 0. The second kappa shape index (κ2) is 7.73. The number of hydrogen-bond donors (Lipinski definition) is 3. The van der Waals surface area contributed by atoms with Gasteiger partial charge < -0.3 is 16.8 Å². The average Bonchev–Trinajstić information content (AvgIpc) is 2.39. The fourth-order valence-electron chi connectivity index (χ4n) is 2.17. The first-order valence-corrected chi connectivity index (χ1v) is 6.92. The lowest BCUT2D eigenvalue weighted by molar-refractivity contribution is -0.117. The minimum absolute atomic E-state index is 0.0448. The average molecular weight is 295 g/mol. The molecule has 1 atom stereocenters. The third-order valence-corrected chi connectivity index (χ3v) is 3.14. The Kier molecular flexibility index (Phi) is 6.30. The van der Waals surface area contributed by atoms with Crippen molar-refractivity contribution in [1.82, 2.24) is 0 Å². The third kappa shape index (κ3) is 5.51. The minimum atomic E-state index is -0.676. The van der Waals surface area contributed by atoms with Gasteiger partial charge in [0.2, 0.25) is 11.8 Å². The summed E-state index contributed by atoms with van der Waals surface area (Å²) >= 11 is 0. The van der Waals surface area contributed by atoms with E-state index < -0.39 is 11.7 Å². The lowest BCUT2D eigenvalue weighted by atomic mass is 9.94. The van der Waals surface area contributed by atoms with Crippen molar-refractivity contribution in [2.75, 3.05) is 11.9 Å². The van der Waals surface area contributed by atoms with E-state index in [4.69, 9.17) is 11.5 Å². The molecule has 116 valence electrons. The van der Waals surface area contributed by atoms with Crippen molar-refractivity contribution in [2.45, 2.75) is 26.7 Å². The predicted molar refractivity (Wildman–Crippen MR) is 80.2 cm³/mol. The maximum Gasteiger partial charge on any atom is 0.248 e. The van der Waals surface area contributed by atoms with Gasteiger partial charge in [-0.2, -0.15) is 0 Å². The quantitative estimate of drug-likeness (QED) is 0.716. The lowest BCUT2D eigenvalue weighted by Gasteiger charge is -2.16. The number of carbonyl (C=O) groups is 2. The molecule has 0 fully saturated rings. The zero-order valence-corrected chi connectivity index (χ0v) is 12.4. The molecule has 0 aliphatic rings. The van der Waals surface area contributed by atoms with Crippen molar-refractivity contribution < 1.29 is 14.0 Å². The highest BCUT2D eigenvalue weighted by atomic mass is 19.1. The van der Waals surface area contributed by atoms with E-state index in [-0.39, 0.29) is 29.5 Å². The van der Waals surface area contributed by atoms with Gasteiger partial charge in [0.15, 0.2) is 0 Å². The number of amides is 2. The Morgan fingerprint density at radius 2 is 2.00 bits per heavy atom. The first-order valence-electron chi connectivity index (χ1n) is 6.92. The SMILES string of the molecule is CC(C)C[C@H](CN)CC(=O)Nc1cc(C(N)=O)ccc1F. The number of primary amides is 1. The van der Waals surface area contributed by atoms with Gasteiger partial charge in [0.05, 0.1) is 5.69 Å². The summed E-state index contributed by atoms with van der Waals surface area (Å²) in [5.41, 5.74) is 10.9. The highest BCUT2D eigenvalue weighted by Crippen LogP contribution is 2.19.